The van der Waals surface area contributed by atoms with Gasteiger partial charge >= 0.3 is 0 Å². The Bertz CT molecular complexity index is 774. The van der Waals surface area contributed by atoms with Gasteiger partial charge in [-0.1, -0.05) is 0 Å². The summed E-state index contributed by atoms with van der Waals surface area (Å²) in [5.41, 5.74) is 0.446. The number of aromatic amines is 1. The lowest BCUT2D eigenvalue weighted by Gasteiger charge is -2.08. The Kier molecular flexibility index (Phi) is 2.90. The van der Waals surface area contributed by atoms with Gasteiger partial charge in [-0.25, -0.2) is 8.78 Å². The number of nitrogens with one attached hydrogen (secondary N) is 2. The van der Waals surface area contributed by atoms with Gasteiger partial charge in [0.2, 0.25) is 11.8 Å². The molecule has 2 N–H and O–H groups in total. The molecule has 0 aliphatic carbocycles. The Labute approximate surface area is 111 Å². The molecule has 0 radical (unpaired) electrons. The number of benzene rings is 1. The number of anilines is 1. The van der Waals surface area contributed by atoms with Crippen molar-refractivity contribution >= 4 is 17.0 Å². The molecular weight excluding hydrogens is 268 g/mol. The molecule has 2 aromatic heterocycles. The highest BCUT2D eigenvalue weighted by Crippen LogP contribution is 2.29. The standard InChI is InChI=1S/C12H9F2N5O/c1-15-12-17-10-7(5-16-19-10)11(18-12)20-9-3-2-6(13)4-8(9)14/h2-5H,1H3,(H2,15,16,17,18,19). The lowest BCUT2D eigenvalue weighted by Crippen LogP contribution is -1.99. The van der Waals surface area contributed by atoms with Crippen LogP contribution in [0.4, 0.5) is 14.7 Å². The molecule has 0 aliphatic heterocycles. The van der Waals surface area contributed by atoms with E-state index in [2.05, 4.69) is 25.5 Å². The summed E-state index contributed by atoms with van der Waals surface area (Å²) < 4.78 is 31.8. The fraction of sp³-hybridized carbons (Fsp3) is 0.0833. The summed E-state index contributed by atoms with van der Waals surface area (Å²) in [7, 11) is 1.64. The molecule has 20 heavy (non-hydrogen) atoms. The average Bonchev–Trinajstić information content (AvgIpc) is 2.90. The number of nitrogens with zero attached hydrogens (tertiary/aromatic N) is 3. The molecule has 102 valence electrons. The molecule has 0 atom stereocenters. The van der Waals surface area contributed by atoms with Crippen LogP contribution >= 0.6 is 0 Å². The lowest BCUT2D eigenvalue weighted by molar-refractivity contribution is 0.428. The van der Waals surface area contributed by atoms with Crippen LogP contribution in [0.1, 0.15) is 0 Å². The van der Waals surface area contributed by atoms with Crippen molar-refractivity contribution in [1.29, 1.82) is 0 Å². The van der Waals surface area contributed by atoms with Crippen molar-refractivity contribution in [2.45, 2.75) is 0 Å². The van der Waals surface area contributed by atoms with Crippen molar-refractivity contribution < 1.29 is 13.5 Å². The molecular formula is C12H9F2N5O. The molecule has 0 bridgehead atoms. The Morgan fingerprint density at radius 1 is 1.25 bits per heavy atom. The van der Waals surface area contributed by atoms with Crippen LogP contribution in [0.5, 0.6) is 11.6 Å². The van der Waals surface area contributed by atoms with E-state index in [4.69, 9.17) is 4.74 Å². The van der Waals surface area contributed by atoms with Crippen LogP contribution in [0.25, 0.3) is 11.0 Å². The third kappa shape index (κ3) is 2.11. The van der Waals surface area contributed by atoms with Gasteiger partial charge in [0.05, 0.1) is 6.20 Å². The molecule has 0 saturated heterocycles. The minimum atomic E-state index is -0.814. The van der Waals surface area contributed by atoms with Crippen LogP contribution in [0.2, 0.25) is 0 Å². The van der Waals surface area contributed by atoms with Gasteiger partial charge in [-0.3, -0.25) is 5.10 Å². The molecule has 0 aliphatic rings. The van der Waals surface area contributed by atoms with Gasteiger partial charge in [-0.2, -0.15) is 15.1 Å². The van der Waals surface area contributed by atoms with E-state index in [-0.39, 0.29) is 11.6 Å². The number of halogens is 2. The highest BCUT2D eigenvalue weighted by Gasteiger charge is 2.13. The van der Waals surface area contributed by atoms with E-state index in [9.17, 15) is 8.78 Å². The Morgan fingerprint density at radius 3 is 2.85 bits per heavy atom. The van der Waals surface area contributed by atoms with Crippen LogP contribution < -0.4 is 10.1 Å². The number of fused-ring (bicyclic) bond motifs is 1. The highest BCUT2D eigenvalue weighted by atomic mass is 19.1. The molecule has 0 amide bonds. The summed E-state index contributed by atoms with van der Waals surface area (Å²) in [6, 6.07) is 3.03. The van der Waals surface area contributed by atoms with E-state index in [1.165, 1.54) is 12.3 Å². The van der Waals surface area contributed by atoms with Crippen molar-refractivity contribution in [1.82, 2.24) is 20.2 Å². The SMILES string of the molecule is CNc1nc(Oc2ccc(F)cc2F)c2cn[nH]c2n1. The zero-order valence-corrected chi connectivity index (χ0v) is 10.3. The number of H-pyrrole nitrogens is 1. The summed E-state index contributed by atoms with van der Waals surface area (Å²) in [6.45, 7) is 0. The van der Waals surface area contributed by atoms with Crippen LogP contribution in [0.3, 0.4) is 0 Å². The Morgan fingerprint density at radius 2 is 2.10 bits per heavy atom. The van der Waals surface area contributed by atoms with Gasteiger partial charge in [0.25, 0.3) is 0 Å². The Hall–Kier alpha value is -2.77. The second-order valence-corrected chi connectivity index (χ2v) is 3.91. The molecule has 2 heterocycles. The largest absolute Gasteiger partial charge is 0.435 e. The summed E-state index contributed by atoms with van der Waals surface area (Å²) >= 11 is 0. The molecule has 6 nitrogen and oxygen atoms in total. The zero-order valence-electron chi connectivity index (χ0n) is 10.3. The maximum Gasteiger partial charge on any atom is 0.235 e. The number of rotatable bonds is 3. The molecule has 0 spiro atoms. The minimum absolute atomic E-state index is 0.124. The third-order valence-corrected chi connectivity index (χ3v) is 2.60. The maximum atomic E-state index is 13.6. The van der Waals surface area contributed by atoms with Crippen LogP contribution in [0, 0.1) is 11.6 Å². The van der Waals surface area contributed by atoms with Crippen LogP contribution in [-0.4, -0.2) is 27.2 Å². The predicted octanol–water partition coefficient (Wildman–Crippen LogP) is 2.47. The number of aromatic nitrogens is 4. The normalized spacial score (nSPS) is 10.8. The van der Waals surface area contributed by atoms with Crippen molar-refractivity contribution in [3.63, 3.8) is 0 Å². The van der Waals surface area contributed by atoms with E-state index >= 15 is 0 Å². The van der Waals surface area contributed by atoms with Crippen molar-refractivity contribution in [2.75, 3.05) is 12.4 Å². The van der Waals surface area contributed by atoms with E-state index < -0.39 is 11.6 Å². The first-order valence-corrected chi connectivity index (χ1v) is 5.69. The summed E-state index contributed by atoms with van der Waals surface area (Å²) in [5.74, 6) is -1.21. The van der Waals surface area contributed by atoms with Gasteiger partial charge in [-0.05, 0) is 12.1 Å². The molecule has 3 aromatic rings. The topological polar surface area (TPSA) is 75.7 Å². The molecule has 0 saturated carbocycles. The first-order chi connectivity index (χ1) is 9.67. The summed E-state index contributed by atoms with van der Waals surface area (Å²) in [6.07, 6.45) is 1.46. The van der Waals surface area contributed by atoms with Crippen LogP contribution in [0.15, 0.2) is 24.4 Å². The quantitative estimate of drug-likeness (QED) is 0.769. The number of hydrogen-bond acceptors (Lipinski definition) is 5. The Balaban J connectivity index is 2.07. The van der Waals surface area contributed by atoms with Crippen molar-refractivity contribution in [2.24, 2.45) is 0 Å². The average molecular weight is 277 g/mol. The van der Waals surface area contributed by atoms with Crippen molar-refractivity contribution in [3.8, 4) is 11.6 Å². The minimum Gasteiger partial charge on any atom is -0.435 e. The fourth-order valence-corrected chi connectivity index (χ4v) is 1.66. The predicted molar refractivity (Wildman–Crippen MR) is 67.7 cm³/mol. The second kappa shape index (κ2) is 4.72. The van der Waals surface area contributed by atoms with Gasteiger partial charge in [0.1, 0.15) is 11.2 Å². The van der Waals surface area contributed by atoms with E-state index in [0.29, 0.717) is 17.0 Å². The number of hydrogen-bond donors (Lipinski definition) is 2. The van der Waals surface area contributed by atoms with E-state index in [1.807, 2.05) is 0 Å². The van der Waals surface area contributed by atoms with Gasteiger partial charge < -0.3 is 10.1 Å². The molecule has 8 heteroatoms. The maximum absolute atomic E-state index is 13.6. The summed E-state index contributed by atoms with van der Waals surface area (Å²) in [4.78, 5) is 8.20. The fourth-order valence-electron chi connectivity index (χ4n) is 1.66. The van der Waals surface area contributed by atoms with Gasteiger partial charge in [-0.15, -0.1) is 0 Å². The zero-order chi connectivity index (χ0) is 14.1. The van der Waals surface area contributed by atoms with E-state index in [1.54, 1.807) is 7.05 Å². The lowest BCUT2D eigenvalue weighted by atomic mass is 10.3. The molecule has 0 fully saturated rings. The highest BCUT2D eigenvalue weighted by molar-refractivity contribution is 5.80. The third-order valence-electron chi connectivity index (χ3n) is 2.60. The molecule has 3 rings (SSSR count). The second-order valence-electron chi connectivity index (χ2n) is 3.91. The first-order valence-electron chi connectivity index (χ1n) is 5.69. The summed E-state index contributed by atoms with van der Waals surface area (Å²) in [5, 5.41) is 9.74. The number of ether oxygens (including phenoxy) is 1. The monoisotopic (exact) mass is 277 g/mol. The van der Waals surface area contributed by atoms with Crippen LogP contribution in [-0.2, 0) is 0 Å². The van der Waals surface area contributed by atoms with E-state index in [0.717, 1.165) is 12.1 Å². The molecule has 1 aromatic carbocycles. The molecule has 0 unspecified atom stereocenters. The van der Waals surface area contributed by atoms with Gasteiger partial charge in [0, 0.05) is 13.1 Å². The van der Waals surface area contributed by atoms with Gasteiger partial charge in [0.15, 0.2) is 17.2 Å². The smallest absolute Gasteiger partial charge is 0.235 e. The first kappa shape index (κ1) is 12.3. The van der Waals surface area contributed by atoms with Crippen molar-refractivity contribution in [3.05, 3.63) is 36.0 Å².